The summed E-state index contributed by atoms with van der Waals surface area (Å²) in [5.74, 6) is 0.912. The van der Waals surface area contributed by atoms with Crippen molar-refractivity contribution in [2.45, 2.75) is 26.3 Å². The van der Waals surface area contributed by atoms with Gasteiger partial charge in [-0.1, -0.05) is 36.4 Å². The van der Waals surface area contributed by atoms with Crippen LogP contribution in [0, 0.1) is 6.92 Å². The minimum absolute atomic E-state index is 0.328. The third kappa shape index (κ3) is 3.84. The molecule has 2 aromatic carbocycles. The van der Waals surface area contributed by atoms with Crippen LogP contribution in [0.4, 0.5) is 0 Å². The minimum atomic E-state index is 0.328. The third-order valence-electron chi connectivity index (χ3n) is 3.70. The van der Waals surface area contributed by atoms with Gasteiger partial charge in [-0.05, 0) is 55.6 Å². The normalized spacial score (nSPS) is 12.2. The fourth-order valence-corrected chi connectivity index (χ4v) is 2.34. The van der Waals surface area contributed by atoms with Crippen LogP contribution in [0.5, 0.6) is 5.75 Å². The summed E-state index contributed by atoms with van der Waals surface area (Å²) < 4.78 is 5.27. The van der Waals surface area contributed by atoms with Crippen molar-refractivity contribution >= 4 is 0 Å². The number of nitrogens with one attached hydrogen (secondary N) is 1. The van der Waals surface area contributed by atoms with Crippen LogP contribution in [0.3, 0.4) is 0 Å². The van der Waals surface area contributed by atoms with E-state index in [1.807, 2.05) is 12.1 Å². The fourth-order valence-electron chi connectivity index (χ4n) is 2.34. The van der Waals surface area contributed by atoms with Crippen molar-refractivity contribution < 1.29 is 4.74 Å². The van der Waals surface area contributed by atoms with Gasteiger partial charge in [-0.2, -0.15) is 0 Å². The van der Waals surface area contributed by atoms with Gasteiger partial charge in [0.15, 0.2) is 0 Å². The van der Waals surface area contributed by atoms with Crippen LogP contribution in [-0.4, -0.2) is 13.7 Å². The molecule has 0 saturated carbocycles. The second-order valence-electron chi connectivity index (χ2n) is 5.13. The second kappa shape index (κ2) is 7.11. The van der Waals surface area contributed by atoms with E-state index in [0.29, 0.717) is 6.04 Å². The molecule has 0 radical (unpaired) electrons. The summed E-state index contributed by atoms with van der Waals surface area (Å²) in [5.41, 5.74) is 4.04. The molecular formula is C18H23NO. The Morgan fingerprint density at radius 3 is 2.65 bits per heavy atom. The largest absolute Gasteiger partial charge is 0.497 e. The first kappa shape index (κ1) is 14.6. The van der Waals surface area contributed by atoms with Gasteiger partial charge < -0.3 is 10.1 Å². The molecule has 2 heteroatoms. The summed E-state index contributed by atoms with van der Waals surface area (Å²) in [4.78, 5) is 0. The highest BCUT2D eigenvalue weighted by molar-refractivity contribution is 5.30. The van der Waals surface area contributed by atoms with E-state index in [-0.39, 0.29) is 0 Å². The predicted molar refractivity (Wildman–Crippen MR) is 84.3 cm³/mol. The molecule has 1 unspecified atom stereocenters. The Morgan fingerprint density at radius 2 is 1.90 bits per heavy atom. The van der Waals surface area contributed by atoms with Crippen LogP contribution in [0.25, 0.3) is 0 Å². The van der Waals surface area contributed by atoms with E-state index in [1.165, 1.54) is 16.7 Å². The smallest absolute Gasteiger partial charge is 0.119 e. The maximum Gasteiger partial charge on any atom is 0.119 e. The first-order valence-electron chi connectivity index (χ1n) is 7.12. The van der Waals surface area contributed by atoms with Gasteiger partial charge in [0.2, 0.25) is 0 Å². The number of hydrogen-bond acceptors (Lipinski definition) is 2. The first-order valence-corrected chi connectivity index (χ1v) is 7.12. The molecule has 0 spiro atoms. The molecule has 20 heavy (non-hydrogen) atoms. The van der Waals surface area contributed by atoms with Crippen LogP contribution in [0.15, 0.2) is 48.5 Å². The minimum Gasteiger partial charge on any atom is -0.497 e. The third-order valence-corrected chi connectivity index (χ3v) is 3.70. The zero-order valence-electron chi connectivity index (χ0n) is 12.5. The van der Waals surface area contributed by atoms with Crippen molar-refractivity contribution in [2.75, 3.05) is 13.7 Å². The highest BCUT2D eigenvalue weighted by Gasteiger charge is 2.06. The number of methoxy groups -OCH3 is 1. The predicted octanol–water partition coefficient (Wildman–Crippen LogP) is 3.90. The summed E-state index contributed by atoms with van der Waals surface area (Å²) >= 11 is 0. The van der Waals surface area contributed by atoms with Gasteiger partial charge in [0.05, 0.1) is 7.11 Å². The zero-order chi connectivity index (χ0) is 14.4. The number of ether oxygens (including phenoxy) is 1. The van der Waals surface area contributed by atoms with Gasteiger partial charge in [-0.25, -0.2) is 0 Å². The molecule has 0 bridgehead atoms. The Morgan fingerprint density at radius 1 is 1.10 bits per heavy atom. The lowest BCUT2D eigenvalue weighted by atomic mass is 10.0. The van der Waals surface area contributed by atoms with Gasteiger partial charge in [0.1, 0.15) is 5.75 Å². The molecule has 0 aliphatic carbocycles. The summed E-state index contributed by atoms with van der Waals surface area (Å²) in [6.45, 7) is 5.33. The van der Waals surface area contributed by atoms with Crippen molar-refractivity contribution in [3.05, 3.63) is 65.2 Å². The van der Waals surface area contributed by atoms with Crippen LogP contribution in [0.1, 0.15) is 29.7 Å². The summed E-state index contributed by atoms with van der Waals surface area (Å²) in [6, 6.07) is 17.1. The lowest BCUT2D eigenvalue weighted by molar-refractivity contribution is 0.413. The van der Waals surface area contributed by atoms with E-state index >= 15 is 0 Å². The van der Waals surface area contributed by atoms with Crippen LogP contribution < -0.4 is 10.1 Å². The quantitative estimate of drug-likeness (QED) is 0.859. The fraction of sp³-hybridized carbons (Fsp3) is 0.333. The molecule has 0 fully saturated rings. The Kier molecular flexibility index (Phi) is 5.19. The van der Waals surface area contributed by atoms with Crippen molar-refractivity contribution in [3.63, 3.8) is 0 Å². The molecule has 1 N–H and O–H groups in total. The van der Waals surface area contributed by atoms with Crippen LogP contribution in [-0.2, 0) is 6.42 Å². The standard InChI is InChI=1S/C18H23NO/c1-14-7-4-5-8-16(14)11-12-19-15(2)17-9-6-10-18(13-17)20-3/h4-10,13,15,19H,11-12H2,1-3H3. The molecule has 2 rings (SSSR count). The Bertz CT molecular complexity index is 551. The molecule has 0 aliphatic heterocycles. The molecule has 0 amide bonds. The number of hydrogen-bond donors (Lipinski definition) is 1. The monoisotopic (exact) mass is 269 g/mol. The van der Waals surface area contributed by atoms with Crippen molar-refractivity contribution in [1.29, 1.82) is 0 Å². The van der Waals surface area contributed by atoms with Gasteiger partial charge in [-0.3, -0.25) is 0 Å². The molecule has 2 aromatic rings. The average Bonchev–Trinajstić information content (AvgIpc) is 2.49. The molecule has 2 nitrogen and oxygen atoms in total. The zero-order valence-corrected chi connectivity index (χ0v) is 12.5. The SMILES string of the molecule is COc1cccc(C(C)NCCc2ccccc2C)c1. The van der Waals surface area contributed by atoms with Gasteiger partial charge >= 0.3 is 0 Å². The molecule has 0 heterocycles. The van der Waals surface area contributed by atoms with E-state index in [1.54, 1.807) is 7.11 Å². The number of benzene rings is 2. The topological polar surface area (TPSA) is 21.3 Å². The van der Waals surface area contributed by atoms with Crippen molar-refractivity contribution in [1.82, 2.24) is 5.32 Å². The summed E-state index contributed by atoms with van der Waals surface area (Å²) in [6.07, 6.45) is 1.06. The molecule has 0 aromatic heterocycles. The van der Waals surface area contributed by atoms with Gasteiger partial charge in [0.25, 0.3) is 0 Å². The van der Waals surface area contributed by atoms with E-state index in [2.05, 4.69) is 55.6 Å². The highest BCUT2D eigenvalue weighted by atomic mass is 16.5. The van der Waals surface area contributed by atoms with E-state index in [4.69, 9.17) is 4.74 Å². The lowest BCUT2D eigenvalue weighted by Gasteiger charge is -2.15. The maximum absolute atomic E-state index is 5.27. The molecular weight excluding hydrogens is 246 g/mol. The summed E-state index contributed by atoms with van der Waals surface area (Å²) in [7, 11) is 1.70. The highest BCUT2D eigenvalue weighted by Crippen LogP contribution is 2.18. The Hall–Kier alpha value is -1.80. The first-order chi connectivity index (χ1) is 9.70. The molecule has 106 valence electrons. The van der Waals surface area contributed by atoms with Gasteiger partial charge in [0, 0.05) is 6.04 Å². The maximum atomic E-state index is 5.27. The van der Waals surface area contributed by atoms with E-state index in [0.717, 1.165) is 18.7 Å². The van der Waals surface area contributed by atoms with Crippen molar-refractivity contribution in [2.24, 2.45) is 0 Å². The second-order valence-corrected chi connectivity index (χ2v) is 5.13. The average molecular weight is 269 g/mol. The molecule has 0 saturated heterocycles. The number of aryl methyl sites for hydroxylation is 1. The Balaban J connectivity index is 1.89. The van der Waals surface area contributed by atoms with Crippen LogP contribution >= 0.6 is 0 Å². The van der Waals surface area contributed by atoms with Gasteiger partial charge in [-0.15, -0.1) is 0 Å². The van der Waals surface area contributed by atoms with E-state index in [9.17, 15) is 0 Å². The van der Waals surface area contributed by atoms with Crippen LogP contribution in [0.2, 0.25) is 0 Å². The Labute approximate surface area is 121 Å². The number of rotatable bonds is 6. The molecule has 1 atom stereocenters. The lowest BCUT2D eigenvalue weighted by Crippen LogP contribution is -2.21. The molecule has 0 aliphatic rings. The van der Waals surface area contributed by atoms with E-state index < -0.39 is 0 Å². The van der Waals surface area contributed by atoms with Crippen molar-refractivity contribution in [3.8, 4) is 5.75 Å². The summed E-state index contributed by atoms with van der Waals surface area (Å²) in [5, 5.41) is 3.57.